The zero-order chi connectivity index (χ0) is 12.8. The topological polar surface area (TPSA) is 78.4 Å². The summed E-state index contributed by atoms with van der Waals surface area (Å²) in [7, 11) is 0. The van der Waals surface area contributed by atoms with E-state index in [0.717, 1.165) is 18.6 Å². The van der Waals surface area contributed by atoms with Gasteiger partial charge in [0.15, 0.2) is 0 Å². The standard InChI is InChI=1S/C11H13FN2O3/c1-2-5-13-11(17)14-7-3-4-8(10(15)16)9(12)6-7/h3-4,6H,2,5H2,1H3,(H,15,16)(H2,13,14,17). The van der Waals surface area contributed by atoms with Gasteiger partial charge in [-0.25, -0.2) is 14.0 Å². The number of carboxylic acid groups (broad SMARTS) is 1. The zero-order valence-electron chi connectivity index (χ0n) is 9.29. The van der Waals surface area contributed by atoms with E-state index in [4.69, 9.17) is 5.11 Å². The van der Waals surface area contributed by atoms with E-state index in [-0.39, 0.29) is 5.69 Å². The highest BCUT2D eigenvalue weighted by Crippen LogP contribution is 2.14. The van der Waals surface area contributed by atoms with Crippen molar-refractivity contribution in [2.24, 2.45) is 0 Å². The number of nitrogens with one attached hydrogen (secondary N) is 2. The van der Waals surface area contributed by atoms with Gasteiger partial charge in [0.1, 0.15) is 5.82 Å². The van der Waals surface area contributed by atoms with E-state index in [2.05, 4.69) is 10.6 Å². The first kappa shape index (κ1) is 13.0. The van der Waals surface area contributed by atoms with Crippen LogP contribution in [0.3, 0.4) is 0 Å². The summed E-state index contributed by atoms with van der Waals surface area (Å²) in [5.41, 5.74) is -0.217. The molecule has 1 rings (SSSR count). The number of anilines is 1. The second-order valence-electron chi connectivity index (χ2n) is 3.38. The molecule has 3 N–H and O–H groups in total. The molecule has 1 aromatic rings. The Bertz CT molecular complexity index is 435. The molecule has 0 fully saturated rings. The molecule has 0 atom stereocenters. The van der Waals surface area contributed by atoms with E-state index in [1.54, 1.807) is 0 Å². The first-order valence-corrected chi connectivity index (χ1v) is 5.12. The first-order chi connectivity index (χ1) is 8.04. The van der Waals surface area contributed by atoms with Crippen LogP contribution < -0.4 is 10.6 Å². The van der Waals surface area contributed by atoms with Crippen molar-refractivity contribution in [3.63, 3.8) is 0 Å². The third-order valence-electron chi connectivity index (χ3n) is 1.99. The monoisotopic (exact) mass is 240 g/mol. The fourth-order valence-corrected chi connectivity index (χ4v) is 1.18. The van der Waals surface area contributed by atoms with Gasteiger partial charge in [-0.2, -0.15) is 0 Å². The summed E-state index contributed by atoms with van der Waals surface area (Å²) in [5, 5.41) is 13.6. The van der Waals surface area contributed by atoms with E-state index in [0.29, 0.717) is 6.54 Å². The number of carboxylic acids is 1. The smallest absolute Gasteiger partial charge is 0.338 e. The summed E-state index contributed by atoms with van der Waals surface area (Å²) in [6.07, 6.45) is 0.791. The third-order valence-corrected chi connectivity index (χ3v) is 1.99. The molecule has 2 amide bonds. The molecule has 0 saturated carbocycles. The maximum atomic E-state index is 13.3. The highest BCUT2D eigenvalue weighted by Gasteiger charge is 2.11. The molecule has 5 nitrogen and oxygen atoms in total. The predicted octanol–water partition coefficient (Wildman–Crippen LogP) is 2.06. The van der Waals surface area contributed by atoms with Gasteiger partial charge in [-0.15, -0.1) is 0 Å². The average Bonchev–Trinajstić information content (AvgIpc) is 2.26. The van der Waals surface area contributed by atoms with Crippen LogP contribution in [-0.4, -0.2) is 23.7 Å². The largest absolute Gasteiger partial charge is 0.478 e. The fraction of sp³-hybridized carbons (Fsp3) is 0.273. The van der Waals surface area contributed by atoms with Crippen LogP contribution in [0.2, 0.25) is 0 Å². The minimum absolute atomic E-state index is 0.209. The SMILES string of the molecule is CCCNC(=O)Nc1ccc(C(=O)O)c(F)c1. The molecule has 0 aliphatic carbocycles. The van der Waals surface area contributed by atoms with Crippen LogP contribution in [0.4, 0.5) is 14.9 Å². The normalized spacial score (nSPS) is 9.76. The number of carbonyl (C=O) groups is 2. The van der Waals surface area contributed by atoms with Gasteiger partial charge in [0.2, 0.25) is 0 Å². The highest BCUT2D eigenvalue weighted by molar-refractivity contribution is 5.91. The lowest BCUT2D eigenvalue weighted by molar-refractivity contribution is 0.0692. The predicted molar refractivity (Wildman–Crippen MR) is 60.7 cm³/mol. The maximum Gasteiger partial charge on any atom is 0.338 e. The average molecular weight is 240 g/mol. The van der Waals surface area contributed by atoms with Crippen molar-refractivity contribution in [3.8, 4) is 0 Å². The molecular formula is C11H13FN2O3. The molecule has 0 saturated heterocycles. The summed E-state index contributed by atoms with van der Waals surface area (Å²) < 4.78 is 13.3. The van der Waals surface area contributed by atoms with E-state index in [1.807, 2.05) is 6.92 Å². The minimum Gasteiger partial charge on any atom is -0.478 e. The number of urea groups is 1. The van der Waals surface area contributed by atoms with Gasteiger partial charge in [0.25, 0.3) is 0 Å². The number of halogens is 1. The Morgan fingerprint density at radius 3 is 2.65 bits per heavy atom. The number of hydrogen-bond donors (Lipinski definition) is 3. The Morgan fingerprint density at radius 2 is 2.12 bits per heavy atom. The van der Waals surface area contributed by atoms with Crippen LogP contribution in [0.15, 0.2) is 18.2 Å². The van der Waals surface area contributed by atoms with Gasteiger partial charge in [-0.1, -0.05) is 6.92 Å². The number of carbonyl (C=O) groups excluding carboxylic acids is 1. The van der Waals surface area contributed by atoms with E-state index < -0.39 is 23.4 Å². The second kappa shape index (κ2) is 5.83. The number of hydrogen-bond acceptors (Lipinski definition) is 2. The zero-order valence-corrected chi connectivity index (χ0v) is 9.29. The van der Waals surface area contributed by atoms with Crippen LogP contribution in [0.25, 0.3) is 0 Å². The molecule has 0 aliphatic rings. The Hall–Kier alpha value is -2.11. The molecule has 0 spiro atoms. The van der Waals surface area contributed by atoms with Crippen molar-refractivity contribution in [2.75, 3.05) is 11.9 Å². The number of benzene rings is 1. The van der Waals surface area contributed by atoms with Crippen molar-refractivity contribution in [1.82, 2.24) is 5.32 Å². The maximum absolute atomic E-state index is 13.3. The summed E-state index contributed by atoms with van der Waals surface area (Å²) in [6.45, 7) is 2.42. The van der Waals surface area contributed by atoms with Crippen LogP contribution in [-0.2, 0) is 0 Å². The molecule has 0 bridgehead atoms. The number of amides is 2. The number of rotatable bonds is 4. The summed E-state index contributed by atoms with van der Waals surface area (Å²) >= 11 is 0. The molecule has 0 aliphatic heterocycles. The van der Waals surface area contributed by atoms with Crippen molar-refractivity contribution >= 4 is 17.7 Å². The Balaban J connectivity index is 2.70. The Morgan fingerprint density at radius 1 is 1.41 bits per heavy atom. The van der Waals surface area contributed by atoms with Gasteiger partial charge < -0.3 is 15.7 Å². The lowest BCUT2D eigenvalue weighted by Gasteiger charge is -2.07. The van der Waals surface area contributed by atoms with Gasteiger partial charge in [-0.05, 0) is 24.6 Å². The molecule has 0 radical (unpaired) electrons. The van der Waals surface area contributed by atoms with Crippen LogP contribution in [0, 0.1) is 5.82 Å². The summed E-state index contributed by atoms with van der Waals surface area (Å²) in [4.78, 5) is 21.8. The Kier molecular flexibility index (Phi) is 4.45. The quantitative estimate of drug-likeness (QED) is 0.753. The van der Waals surface area contributed by atoms with E-state index >= 15 is 0 Å². The van der Waals surface area contributed by atoms with Gasteiger partial charge >= 0.3 is 12.0 Å². The molecule has 6 heteroatoms. The molecule has 0 aromatic heterocycles. The van der Waals surface area contributed by atoms with Gasteiger partial charge in [0, 0.05) is 12.2 Å². The highest BCUT2D eigenvalue weighted by atomic mass is 19.1. The van der Waals surface area contributed by atoms with Crippen molar-refractivity contribution < 1.29 is 19.1 Å². The van der Waals surface area contributed by atoms with Crippen molar-refractivity contribution in [2.45, 2.75) is 13.3 Å². The van der Waals surface area contributed by atoms with Crippen molar-refractivity contribution in [1.29, 1.82) is 0 Å². The van der Waals surface area contributed by atoms with Crippen molar-refractivity contribution in [3.05, 3.63) is 29.6 Å². The molecule has 0 unspecified atom stereocenters. The molecular weight excluding hydrogens is 227 g/mol. The van der Waals surface area contributed by atoms with Gasteiger partial charge in [-0.3, -0.25) is 0 Å². The summed E-state index contributed by atoms with van der Waals surface area (Å²) in [5.74, 6) is -2.23. The van der Waals surface area contributed by atoms with Crippen LogP contribution in [0.5, 0.6) is 0 Å². The molecule has 92 valence electrons. The Labute approximate surface area is 97.6 Å². The van der Waals surface area contributed by atoms with Crippen LogP contribution >= 0.6 is 0 Å². The third kappa shape index (κ3) is 3.75. The first-order valence-electron chi connectivity index (χ1n) is 5.12. The lowest BCUT2D eigenvalue weighted by atomic mass is 10.2. The molecule has 1 aromatic carbocycles. The minimum atomic E-state index is -1.34. The van der Waals surface area contributed by atoms with E-state index in [1.165, 1.54) is 6.07 Å². The number of aromatic carboxylic acids is 1. The summed E-state index contributed by atoms with van der Waals surface area (Å²) in [6, 6.07) is 2.95. The fourth-order valence-electron chi connectivity index (χ4n) is 1.18. The lowest BCUT2D eigenvalue weighted by Crippen LogP contribution is -2.29. The molecule has 0 heterocycles. The van der Waals surface area contributed by atoms with E-state index in [9.17, 15) is 14.0 Å². The molecule has 17 heavy (non-hydrogen) atoms. The van der Waals surface area contributed by atoms with Crippen LogP contribution in [0.1, 0.15) is 23.7 Å². The van der Waals surface area contributed by atoms with Gasteiger partial charge in [0.05, 0.1) is 5.56 Å². The second-order valence-corrected chi connectivity index (χ2v) is 3.38.